The van der Waals surface area contributed by atoms with Crippen molar-refractivity contribution < 1.29 is 24.6 Å². The van der Waals surface area contributed by atoms with Crippen LogP contribution >= 0.6 is 0 Å². The average molecular weight is 354 g/mol. The van der Waals surface area contributed by atoms with E-state index in [-0.39, 0.29) is 36.2 Å². The maximum absolute atomic E-state index is 12.1. The standard InChI is InChI=1S/C20H34O5/c1-2-3-6-9-15(21)12-13-17-16(18(22)14-19(17)23)10-7-4-5-8-11-20(24)25/h16-18,22H,2-14H2,1H3,(H,24,25)/t16?,17-,18?/m1/s1. The molecule has 5 heteroatoms. The molecule has 1 saturated carbocycles. The fourth-order valence-corrected chi connectivity index (χ4v) is 3.81. The highest BCUT2D eigenvalue weighted by molar-refractivity contribution is 5.85. The van der Waals surface area contributed by atoms with Crippen LogP contribution in [0.5, 0.6) is 0 Å². The Labute approximate surface area is 151 Å². The summed E-state index contributed by atoms with van der Waals surface area (Å²) in [5, 5.41) is 18.8. The molecule has 0 aromatic carbocycles. The van der Waals surface area contributed by atoms with Crippen molar-refractivity contribution in [2.45, 2.75) is 96.5 Å². The van der Waals surface area contributed by atoms with Gasteiger partial charge in [-0.25, -0.2) is 0 Å². The number of unbranched alkanes of at least 4 members (excludes halogenated alkanes) is 5. The lowest BCUT2D eigenvalue weighted by Crippen LogP contribution is -2.21. The van der Waals surface area contributed by atoms with Gasteiger partial charge in [0.15, 0.2) is 0 Å². The fourth-order valence-electron chi connectivity index (χ4n) is 3.81. The molecule has 0 aromatic heterocycles. The Morgan fingerprint density at radius 1 is 0.960 bits per heavy atom. The van der Waals surface area contributed by atoms with Crippen molar-refractivity contribution in [3.05, 3.63) is 0 Å². The van der Waals surface area contributed by atoms with E-state index in [2.05, 4.69) is 6.92 Å². The van der Waals surface area contributed by atoms with E-state index in [1.54, 1.807) is 0 Å². The van der Waals surface area contributed by atoms with Crippen LogP contribution in [0.3, 0.4) is 0 Å². The van der Waals surface area contributed by atoms with Crippen molar-refractivity contribution in [2.75, 3.05) is 0 Å². The predicted octanol–water partition coefficient (Wildman–Crippen LogP) is 3.91. The van der Waals surface area contributed by atoms with E-state index in [0.29, 0.717) is 25.7 Å². The van der Waals surface area contributed by atoms with Gasteiger partial charge in [0.25, 0.3) is 0 Å². The van der Waals surface area contributed by atoms with Crippen LogP contribution in [-0.4, -0.2) is 33.9 Å². The van der Waals surface area contributed by atoms with Gasteiger partial charge in [0.05, 0.1) is 6.10 Å². The number of aliphatic carboxylic acids is 1. The number of carboxylic acids is 1. The number of carbonyl (C=O) groups excluding carboxylic acids is 2. The molecular formula is C20H34O5. The van der Waals surface area contributed by atoms with Gasteiger partial charge in [-0.2, -0.15) is 0 Å². The zero-order valence-corrected chi connectivity index (χ0v) is 15.5. The summed E-state index contributed by atoms with van der Waals surface area (Å²) in [7, 11) is 0. The molecule has 2 unspecified atom stereocenters. The molecule has 1 aliphatic carbocycles. The number of hydrogen-bond acceptors (Lipinski definition) is 4. The van der Waals surface area contributed by atoms with Crippen LogP contribution in [-0.2, 0) is 14.4 Å². The topological polar surface area (TPSA) is 91.7 Å². The summed E-state index contributed by atoms with van der Waals surface area (Å²) >= 11 is 0. The first kappa shape index (κ1) is 21.8. The maximum atomic E-state index is 12.1. The minimum absolute atomic E-state index is 0.0320. The van der Waals surface area contributed by atoms with Crippen LogP contribution in [0.2, 0.25) is 0 Å². The lowest BCUT2D eigenvalue weighted by molar-refractivity contribution is -0.137. The minimum atomic E-state index is -0.763. The molecule has 1 rings (SSSR count). The summed E-state index contributed by atoms with van der Waals surface area (Å²) in [4.78, 5) is 34.6. The zero-order valence-electron chi connectivity index (χ0n) is 15.5. The molecule has 0 heterocycles. The first-order valence-electron chi connectivity index (χ1n) is 9.90. The van der Waals surface area contributed by atoms with Crippen LogP contribution in [0, 0.1) is 11.8 Å². The molecule has 25 heavy (non-hydrogen) atoms. The van der Waals surface area contributed by atoms with E-state index in [0.717, 1.165) is 44.9 Å². The first-order valence-corrected chi connectivity index (χ1v) is 9.90. The molecule has 3 atom stereocenters. The van der Waals surface area contributed by atoms with Gasteiger partial charge >= 0.3 is 5.97 Å². The van der Waals surface area contributed by atoms with Gasteiger partial charge in [0.2, 0.25) is 0 Å². The van der Waals surface area contributed by atoms with Gasteiger partial charge in [-0.3, -0.25) is 14.4 Å². The van der Waals surface area contributed by atoms with Crippen molar-refractivity contribution in [3.8, 4) is 0 Å². The van der Waals surface area contributed by atoms with Crippen molar-refractivity contribution >= 4 is 17.5 Å². The summed E-state index contributed by atoms with van der Waals surface area (Å²) in [6.07, 6.45) is 8.71. The Hall–Kier alpha value is -1.23. The van der Waals surface area contributed by atoms with Crippen LogP contribution in [0.15, 0.2) is 0 Å². The summed E-state index contributed by atoms with van der Waals surface area (Å²) in [5.74, 6) is -0.639. The second kappa shape index (κ2) is 12.2. The molecule has 0 aliphatic heterocycles. The van der Waals surface area contributed by atoms with Crippen LogP contribution < -0.4 is 0 Å². The lowest BCUT2D eigenvalue weighted by Gasteiger charge is -2.20. The molecular weight excluding hydrogens is 320 g/mol. The van der Waals surface area contributed by atoms with E-state index < -0.39 is 12.1 Å². The number of aliphatic hydroxyl groups excluding tert-OH is 1. The number of aliphatic hydroxyl groups is 1. The van der Waals surface area contributed by atoms with Gasteiger partial charge in [0.1, 0.15) is 11.6 Å². The minimum Gasteiger partial charge on any atom is -0.481 e. The Bertz CT molecular complexity index is 432. The highest BCUT2D eigenvalue weighted by atomic mass is 16.4. The highest BCUT2D eigenvalue weighted by Gasteiger charge is 2.40. The molecule has 0 bridgehead atoms. The van der Waals surface area contributed by atoms with Crippen LogP contribution in [0.1, 0.15) is 90.4 Å². The van der Waals surface area contributed by atoms with Gasteiger partial charge in [0, 0.05) is 31.6 Å². The number of carboxylic acid groups (broad SMARTS) is 1. The van der Waals surface area contributed by atoms with Gasteiger partial charge < -0.3 is 10.2 Å². The summed E-state index contributed by atoms with van der Waals surface area (Å²) in [6.45, 7) is 2.11. The second-order valence-corrected chi connectivity index (χ2v) is 7.39. The monoisotopic (exact) mass is 354 g/mol. The average Bonchev–Trinajstić information content (AvgIpc) is 2.82. The SMILES string of the molecule is CCCCCC(=O)CC[C@H]1C(=O)CC(O)C1CCCCCCC(=O)O. The normalized spacial score (nSPS) is 23.1. The van der Waals surface area contributed by atoms with Gasteiger partial charge in [-0.15, -0.1) is 0 Å². The number of hydrogen-bond donors (Lipinski definition) is 2. The zero-order chi connectivity index (χ0) is 18.7. The van der Waals surface area contributed by atoms with Crippen LogP contribution in [0.4, 0.5) is 0 Å². The molecule has 2 N–H and O–H groups in total. The molecule has 144 valence electrons. The molecule has 0 radical (unpaired) electrons. The third-order valence-electron chi connectivity index (χ3n) is 5.31. The number of rotatable bonds is 14. The van der Waals surface area contributed by atoms with Gasteiger partial charge in [-0.1, -0.05) is 39.0 Å². The van der Waals surface area contributed by atoms with Crippen molar-refractivity contribution in [1.82, 2.24) is 0 Å². The second-order valence-electron chi connectivity index (χ2n) is 7.39. The van der Waals surface area contributed by atoms with Crippen molar-refractivity contribution in [3.63, 3.8) is 0 Å². The maximum Gasteiger partial charge on any atom is 0.303 e. The highest BCUT2D eigenvalue weighted by Crippen LogP contribution is 2.36. The largest absolute Gasteiger partial charge is 0.481 e. The van der Waals surface area contributed by atoms with Crippen molar-refractivity contribution in [2.24, 2.45) is 11.8 Å². The summed E-state index contributed by atoms with van der Waals surface area (Å²) < 4.78 is 0. The number of Topliss-reactive ketones (excluding diaryl/α,β-unsaturated/α-hetero) is 2. The molecule has 0 aromatic rings. The molecule has 0 amide bonds. The predicted molar refractivity (Wildman–Crippen MR) is 96.3 cm³/mol. The number of carbonyl (C=O) groups is 3. The molecule has 0 saturated heterocycles. The molecule has 0 spiro atoms. The fraction of sp³-hybridized carbons (Fsp3) is 0.850. The smallest absolute Gasteiger partial charge is 0.303 e. The van der Waals surface area contributed by atoms with E-state index in [1.165, 1.54) is 0 Å². The summed E-state index contributed by atoms with van der Waals surface area (Å²) in [5.41, 5.74) is 0. The summed E-state index contributed by atoms with van der Waals surface area (Å²) in [6, 6.07) is 0. The Balaban J connectivity index is 2.31. The first-order chi connectivity index (χ1) is 12.0. The third kappa shape index (κ3) is 8.61. The van der Waals surface area contributed by atoms with E-state index in [1.807, 2.05) is 0 Å². The van der Waals surface area contributed by atoms with Gasteiger partial charge in [-0.05, 0) is 31.6 Å². The number of ketones is 2. The third-order valence-corrected chi connectivity index (χ3v) is 5.31. The molecule has 1 aliphatic rings. The van der Waals surface area contributed by atoms with E-state index >= 15 is 0 Å². The Kier molecular flexibility index (Phi) is 10.6. The Morgan fingerprint density at radius 3 is 2.32 bits per heavy atom. The lowest BCUT2D eigenvalue weighted by atomic mass is 9.85. The molecule has 1 fully saturated rings. The van der Waals surface area contributed by atoms with E-state index in [4.69, 9.17) is 5.11 Å². The van der Waals surface area contributed by atoms with Crippen LogP contribution in [0.25, 0.3) is 0 Å². The Morgan fingerprint density at radius 2 is 1.64 bits per heavy atom. The molecule has 5 nitrogen and oxygen atoms in total. The van der Waals surface area contributed by atoms with Crippen molar-refractivity contribution in [1.29, 1.82) is 0 Å². The quantitative estimate of drug-likeness (QED) is 0.462. The van der Waals surface area contributed by atoms with E-state index in [9.17, 15) is 19.5 Å².